The van der Waals surface area contributed by atoms with Crippen molar-refractivity contribution < 1.29 is 27.1 Å². The maximum atomic E-state index is 7.03. The Labute approximate surface area is 747 Å². The van der Waals surface area contributed by atoms with Gasteiger partial charge in [-0.1, -0.05) is 358 Å². The lowest BCUT2D eigenvalue weighted by Gasteiger charge is -2.29. The molecular weight excluding hydrogens is 1740 g/mol. The van der Waals surface area contributed by atoms with Gasteiger partial charge in [0.1, 0.15) is 34.5 Å². The van der Waals surface area contributed by atoms with Crippen LogP contribution in [0.4, 0.5) is 0 Å². The fourth-order valence-corrected chi connectivity index (χ4v) is 33.8. The zero-order chi connectivity index (χ0) is 85.0. The standard InChI is InChI=1S/C102H85N5O6P8S3/c1-4-118(101-51-31-13-32-52-101,102-53-33-14-34-54-102)105-119(122,108-83-59-55-81(56-60-83)79-103-106(2)120(123,110-85-63-71-97(72-64-85)114(89-35-15-5-16-36-89)90-37-17-6-18-38-90)111-86-65-73-98(74-66-86)115(91-39-19-7-20-40-91)92-41-21-8-22-42-92)109-84-61-57-82(58-62-84)80-104-107(3)121(124,112-87-67-75-99(76-68-87)116(93-43-23-9-24-44-93)94-45-25-10-26-46-94)113-88-69-77-100(78-70-88)117(95-47-27-11-28-48-95)96-49-29-12-30-50-96/h4-80H,1H2,2-3H3/b103-79-,104-80+. The zero-order valence-corrected chi connectivity index (χ0v) is 77.3. The first-order valence-corrected chi connectivity index (χ1v) is 54.8. The van der Waals surface area contributed by atoms with Gasteiger partial charge in [0.05, 0.1) is 19.5 Å². The van der Waals surface area contributed by atoms with Crippen LogP contribution < -0.4 is 101 Å². The summed E-state index contributed by atoms with van der Waals surface area (Å²) < 4.78 is 50.7. The lowest BCUT2D eigenvalue weighted by atomic mass is 10.2. The molecule has 0 spiro atoms. The molecule has 0 radical (unpaired) electrons. The van der Waals surface area contributed by atoms with Crippen molar-refractivity contribution in [2.24, 2.45) is 14.7 Å². The van der Waals surface area contributed by atoms with Crippen LogP contribution in [0.2, 0.25) is 0 Å². The molecule has 1 atom stereocenters. The van der Waals surface area contributed by atoms with Gasteiger partial charge in [-0.3, -0.25) is 0 Å². The summed E-state index contributed by atoms with van der Waals surface area (Å²) in [6, 6.07) is 153. The van der Waals surface area contributed by atoms with Gasteiger partial charge in [-0.15, -0.1) is 0 Å². The molecule has 22 heteroatoms. The Balaban J connectivity index is 0.681. The summed E-state index contributed by atoms with van der Waals surface area (Å²) in [6.07, 6.45) is 3.44. The highest BCUT2D eigenvalue weighted by atomic mass is 32.5. The summed E-state index contributed by atoms with van der Waals surface area (Å²) in [5.41, 5.74) is 1.45. The molecule has 0 aliphatic heterocycles. The van der Waals surface area contributed by atoms with E-state index in [1.165, 1.54) is 42.4 Å². The average molecular weight is 1820 g/mol. The van der Waals surface area contributed by atoms with Gasteiger partial charge in [0.15, 0.2) is 0 Å². The fourth-order valence-electron chi connectivity index (χ4n) is 13.8. The van der Waals surface area contributed by atoms with E-state index in [9.17, 15) is 0 Å². The second-order valence-corrected chi connectivity index (χ2v) is 49.8. The summed E-state index contributed by atoms with van der Waals surface area (Å²) in [5, 5.41) is 26.4. The molecule has 0 amide bonds. The molecule has 0 fully saturated rings. The molecule has 1 unspecified atom stereocenters. The van der Waals surface area contributed by atoms with E-state index >= 15 is 0 Å². The van der Waals surface area contributed by atoms with Gasteiger partial charge in [-0.05, 0) is 209 Å². The molecule has 11 nitrogen and oxygen atoms in total. The van der Waals surface area contributed by atoms with Crippen LogP contribution >= 0.6 is 58.7 Å². The first-order chi connectivity index (χ1) is 60.7. The van der Waals surface area contributed by atoms with Crippen molar-refractivity contribution in [2.75, 3.05) is 14.1 Å². The average Bonchev–Trinajstić information content (AvgIpc) is 0.759. The molecule has 0 aromatic heterocycles. The van der Waals surface area contributed by atoms with E-state index < -0.39 is 58.7 Å². The minimum Gasteiger partial charge on any atom is -0.420 e. The van der Waals surface area contributed by atoms with E-state index in [4.69, 9.17) is 77.3 Å². The van der Waals surface area contributed by atoms with Crippen molar-refractivity contribution in [1.82, 2.24) is 9.56 Å². The summed E-state index contributed by atoms with van der Waals surface area (Å²) >= 11 is 19.9. The van der Waals surface area contributed by atoms with Gasteiger partial charge in [0.25, 0.3) is 0 Å². The third-order valence-corrected chi connectivity index (χ3v) is 42.0. The number of hydrogen-bond acceptors (Lipinski definition) is 11. The quantitative estimate of drug-likeness (QED) is 0.0219. The fraction of sp³-hybridized carbons (Fsp3) is 0.0196. The predicted molar refractivity (Wildman–Crippen MR) is 543 cm³/mol. The topological polar surface area (TPSA) is 98.9 Å². The van der Waals surface area contributed by atoms with Crippen LogP contribution in [0.1, 0.15) is 11.1 Å². The second kappa shape index (κ2) is 41.1. The molecular formula is C102H85N5O6P8S3. The van der Waals surface area contributed by atoms with Crippen LogP contribution in [-0.4, -0.2) is 36.1 Å². The highest BCUT2D eigenvalue weighted by Gasteiger charge is 2.34. The van der Waals surface area contributed by atoms with Crippen LogP contribution in [0, 0.1) is 0 Å². The first kappa shape index (κ1) is 86.4. The van der Waals surface area contributed by atoms with Crippen molar-refractivity contribution in [3.8, 4) is 34.5 Å². The summed E-state index contributed by atoms with van der Waals surface area (Å²) in [6.45, 7) is -6.40. The monoisotopic (exact) mass is 1820 g/mol. The minimum atomic E-state index is -3.79. The highest BCUT2D eigenvalue weighted by Crippen LogP contribution is 2.63. The van der Waals surface area contributed by atoms with Gasteiger partial charge in [-0.25, -0.2) is 9.56 Å². The van der Waals surface area contributed by atoms with Crippen LogP contribution in [0.25, 0.3) is 0 Å². The molecule has 16 aromatic carbocycles. The van der Waals surface area contributed by atoms with Gasteiger partial charge >= 0.3 is 19.9 Å². The SMILES string of the molecule is C=CP(=NP(=S)(Oc1ccc(/C=N\N(C)P(=S)(Oc2ccc(P(c3ccccc3)c3ccccc3)cc2)Oc2ccc(P(c3ccccc3)c3ccccc3)cc2)cc1)Oc1ccc(/C=N/N(C)P(=S)(Oc2ccc(P(c3ccccc3)c3ccccc3)cc2)Oc2ccc(P(c3ccccc3)c3ccccc3)cc2)cc1)(c1ccccc1)c1ccccc1. The minimum absolute atomic E-state index is 0.420. The third kappa shape index (κ3) is 21.4. The van der Waals surface area contributed by atoms with Crippen LogP contribution in [-0.2, 0) is 35.4 Å². The molecule has 16 aromatic rings. The van der Waals surface area contributed by atoms with E-state index in [1.54, 1.807) is 36.1 Å². The second-order valence-electron chi connectivity index (χ2n) is 28.2. The summed E-state index contributed by atoms with van der Waals surface area (Å²) in [4.78, 5) is 0. The molecule has 16 rings (SSSR count). The summed E-state index contributed by atoms with van der Waals surface area (Å²) in [5.74, 6) is 4.91. The zero-order valence-electron chi connectivity index (χ0n) is 67.7. The molecule has 612 valence electrons. The number of hydrogen-bond donors (Lipinski definition) is 0. The van der Waals surface area contributed by atoms with Gasteiger partial charge in [0.2, 0.25) is 0 Å². The first-order valence-electron chi connectivity index (χ1n) is 39.9. The Morgan fingerprint density at radius 3 is 0.621 bits per heavy atom. The lowest BCUT2D eigenvalue weighted by molar-refractivity contribution is 0.395. The van der Waals surface area contributed by atoms with Crippen molar-refractivity contribution in [1.29, 1.82) is 0 Å². The smallest absolute Gasteiger partial charge is 0.413 e. The van der Waals surface area contributed by atoms with E-state index in [0.717, 1.165) is 43.0 Å². The normalized spacial score (nSPS) is 12.2. The molecule has 0 aliphatic carbocycles. The van der Waals surface area contributed by atoms with Crippen LogP contribution in [0.5, 0.6) is 34.5 Å². The predicted octanol–water partition coefficient (Wildman–Crippen LogP) is 21.7. The van der Waals surface area contributed by atoms with Crippen molar-refractivity contribution in [3.63, 3.8) is 0 Å². The van der Waals surface area contributed by atoms with Crippen LogP contribution in [0.15, 0.2) is 476 Å². The summed E-state index contributed by atoms with van der Waals surface area (Å²) in [7, 11) is -2.88. The Hall–Kier alpha value is -11.1. The largest absolute Gasteiger partial charge is 0.420 e. The Bertz CT molecular complexity index is 5650. The van der Waals surface area contributed by atoms with E-state index in [-0.39, 0.29) is 0 Å². The van der Waals surface area contributed by atoms with E-state index in [0.29, 0.717) is 34.5 Å². The maximum Gasteiger partial charge on any atom is 0.413 e. The van der Waals surface area contributed by atoms with Gasteiger partial charge in [-0.2, -0.15) is 14.7 Å². The third-order valence-electron chi connectivity index (χ3n) is 19.9. The molecule has 0 saturated carbocycles. The molecule has 0 saturated heterocycles. The molecule has 0 N–H and O–H groups in total. The number of benzene rings is 16. The van der Waals surface area contributed by atoms with Gasteiger partial charge in [0, 0.05) is 60.1 Å². The maximum absolute atomic E-state index is 7.03. The van der Waals surface area contributed by atoms with Crippen molar-refractivity contribution in [2.45, 2.75) is 0 Å². The highest BCUT2D eigenvalue weighted by molar-refractivity contribution is 8.12. The van der Waals surface area contributed by atoms with Crippen molar-refractivity contribution in [3.05, 3.63) is 472 Å². The van der Waals surface area contributed by atoms with E-state index in [1.807, 2.05) is 188 Å². The molecule has 0 bridgehead atoms. The Kier molecular flexibility index (Phi) is 28.7. The van der Waals surface area contributed by atoms with Gasteiger partial charge < -0.3 is 27.1 Å². The number of rotatable bonds is 34. The van der Waals surface area contributed by atoms with Crippen LogP contribution in [0.3, 0.4) is 0 Å². The van der Waals surface area contributed by atoms with Crippen molar-refractivity contribution >= 4 is 181 Å². The Morgan fingerprint density at radius 1 is 0.242 bits per heavy atom. The number of nitrogens with zero attached hydrogens (tertiary/aromatic N) is 5. The molecule has 0 aliphatic rings. The number of hydrazone groups is 2. The van der Waals surface area contributed by atoms with E-state index in [2.05, 4.69) is 273 Å². The molecule has 124 heavy (non-hydrogen) atoms. The molecule has 0 heterocycles. The Morgan fingerprint density at radius 2 is 0.419 bits per heavy atom. The lowest BCUT2D eigenvalue weighted by Crippen LogP contribution is -2.21.